The average Bonchev–Trinajstić information content (AvgIpc) is 3.39. The van der Waals surface area contributed by atoms with Crippen LogP contribution in [0.4, 0.5) is 4.79 Å². The molecule has 3 amide bonds. The molecular formula is C18H22N6O4. The molecule has 0 saturated heterocycles. The molecule has 148 valence electrons. The van der Waals surface area contributed by atoms with Crippen LogP contribution in [0.15, 0.2) is 36.7 Å². The lowest BCUT2D eigenvalue weighted by Gasteiger charge is -2.16. The van der Waals surface area contributed by atoms with Crippen molar-refractivity contribution in [2.45, 2.75) is 44.2 Å². The van der Waals surface area contributed by atoms with Gasteiger partial charge in [-0.25, -0.2) is 14.3 Å². The molecule has 2 N–H and O–H groups in total. The molecule has 0 unspecified atom stereocenters. The number of hydrogen-bond acceptors (Lipinski definition) is 7. The van der Waals surface area contributed by atoms with Gasteiger partial charge in [0.05, 0.1) is 0 Å². The van der Waals surface area contributed by atoms with Crippen molar-refractivity contribution in [2.75, 3.05) is 6.61 Å². The van der Waals surface area contributed by atoms with Gasteiger partial charge in [-0.3, -0.25) is 10.1 Å². The Morgan fingerprint density at radius 1 is 1.18 bits per heavy atom. The number of nitrogens with zero attached hydrogens (tertiary/aromatic N) is 4. The molecule has 1 aliphatic carbocycles. The summed E-state index contributed by atoms with van der Waals surface area (Å²) in [4.78, 5) is 36.2. The zero-order valence-corrected chi connectivity index (χ0v) is 15.3. The first-order valence-corrected chi connectivity index (χ1v) is 9.15. The van der Waals surface area contributed by atoms with Gasteiger partial charge in [0, 0.05) is 12.5 Å². The van der Waals surface area contributed by atoms with Gasteiger partial charge in [0.15, 0.2) is 12.6 Å². The lowest BCUT2D eigenvalue weighted by atomic mass is 10.1. The monoisotopic (exact) mass is 386 g/mol. The Kier molecular flexibility index (Phi) is 6.66. The van der Waals surface area contributed by atoms with Crippen LogP contribution < -0.4 is 10.6 Å². The molecule has 2 aromatic rings. The third kappa shape index (κ3) is 5.60. The van der Waals surface area contributed by atoms with E-state index in [2.05, 4.69) is 26.2 Å². The summed E-state index contributed by atoms with van der Waals surface area (Å²) < 4.78 is 6.36. The number of esters is 1. The second kappa shape index (κ2) is 9.58. The van der Waals surface area contributed by atoms with Crippen molar-refractivity contribution in [3.63, 3.8) is 0 Å². The minimum Gasteiger partial charge on any atom is -0.454 e. The van der Waals surface area contributed by atoms with Crippen LogP contribution in [0.25, 0.3) is 0 Å². The fraction of sp³-hybridized carbons (Fsp3) is 0.444. The smallest absolute Gasteiger partial charge is 0.331 e. The predicted molar refractivity (Wildman–Crippen MR) is 96.9 cm³/mol. The lowest BCUT2D eigenvalue weighted by Crippen LogP contribution is -2.45. The van der Waals surface area contributed by atoms with Crippen LogP contribution in [0.1, 0.15) is 37.3 Å². The van der Waals surface area contributed by atoms with E-state index in [0.717, 1.165) is 31.2 Å². The van der Waals surface area contributed by atoms with E-state index >= 15 is 0 Å². The fourth-order valence-corrected chi connectivity index (χ4v) is 3.12. The van der Waals surface area contributed by atoms with Crippen molar-refractivity contribution in [3.05, 3.63) is 42.2 Å². The van der Waals surface area contributed by atoms with Gasteiger partial charge in [-0.1, -0.05) is 43.2 Å². The molecular weight excluding hydrogens is 364 g/mol. The van der Waals surface area contributed by atoms with Crippen molar-refractivity contribution < 1.29 is 19.1 Å². The molecule has 1 aliphatic rings. The van der Waals surface area contributed by atoms with Gasteiger partial charge in [0.1, 0.15) is 6.33 Å². The number of carbonyl (C=O) groups is 3. The van der Waals surface area contributed by atoms with Gasteiger partial charge in [-0.2, -0.15) is 0 Å². The third-order valence-corrected chi connectivity index (χ3v) is 4.52. The third-order valence-electron chi connectivity index (χ3n) is 4.52. The zero-order chi connectivity index (χ0) is 19.8. The number of benzene rings is 1. The normalized spacial score (nSPS) is 15.0. The van der Waals surface area contributed by atoms with Crippen LogP contribution in [0, 0.1) is 0 Å². The van der Waals surface area contributed by atoms with Gasteiger partial charge >= 0.3 is 12.0 Å². The first kappa shape index (κ1) is 19.5. The maximum atomic E-state index is 12.5. The maximum Gasteiger partial charge on any atom is 0.331 e. The Bertz CT molecular complexity index is 790. The molecule has 1 heterocycles. The quantitative estimate of drug-likeness (QED) is 0.673. The van der Waals surface area contributed by atoms with Gasteiger partial charge in [0.2, 0.25) is 0 Å². The van der Waals surface area contributed by atoms with Gasteiger partial charge in [-0.05, 0) is 28.8 Å². The Morgan fingerprint density at radius 3 is 2.61 bits per heavy atom. The second-order valence-corrected chi connectivity index (χ2v) is 6.61. The highest BCUT2D eigenvalue weighted by atomic mass is 16.5. The average molecular weight is 386 g/mol. The standard InChI is InChI=1S/C18H22N6O4/c25-16(21-18(27)20-14-8-4-5-9-14)11-28-17(26)15(24-12-19-22-23-24)10-13-6-2-1-3-7-13/h1-3,6-7,12,14-15H,4-5,8-11H2,(H2,20,21,25,27)/t15-/m0/s1. The van der Waals surface area contributed by atoms with Crippen LogP contribution in [0.3, 0.4) is 0 Å². The van der Waals surface area contributed by atoms with Crippen molar-refractivity contribution in [3.8, 4) is 0 Å². The highest BCUT2D eigenvalue weighted by Gasteiger charge is 2.25. The highest BCUT2D eigenvalue weighted by molar-refractivity contribution is 5.95. The van der Waals surface area contributed by atoms with E-state index in [1.54, 1.807) is 0 Å². The molecule has 3 rings (SSSR count). The Hall–Kier alpha value is -3.30. The number of tetrazole rings is 1. The van der Waals surface area contributed by atoms with E-state index in [9.17, 15) is 14.4 Å². The van der Waals surface area contributed by atoms with Gasteiger partial charge in [-0.15, -0.1) is 5.10 Å². The first-order valence-electron chi connectivity index (χ1n) is 9.15. The molecule has 1 fully saturated rings. The zero-order valence-electron chi connectivity index (χ0n) is 15.3. The molecule has 0 radical (unpaired) electrons. The predicted octanol–water partition coefficient (Wildman–Crippen LogP) is 0.768. The van der Waals surface area contributed by atoms with Crippen molar-refractivity contribution in [1.29, 1.82) is 0 Å². The summed E-state index contributed by atoms with van der Waals surface area (Å²) in [6, 6.07) is 8.00. The molecule has 28 heavy (non-hydrogen) atoms. The molecule has 1 atom stereocenters. The van der Waals surface area contributed by atoms with E-state index in [0.29, 0.717) is 6.42 Å². The van der Waals surface area contributed by atoms with Crippen LogP contribution in [0.2, 0.25) is 0 Å². The molecule has 0 spiro atoms. The summed E-state index contributed by atoms with van der Waals surface area (Å²) >= 11 is 0. The van der Waals surface area contributed by atoms with Gasteiger partial charge < -0.3 is 10.1 Å². The van der Waals surface area contributed by atoms with Crippen molar-refractivity contribution in [2.24, 2.45) is 0 Å². The van der Waals surface area contributed by atoms with E-state index < -0.39 is 30.6 Å². The Labute approximate surface area is 161 Å². The summed E-state index contributed by atoms with van der Waals surface area (Å²) in [5.74, 6) is -1.36. The Morgan fingerprint density at radius 2 is 1.93 bits per heavy atom. The molecule has 10 nitrogen and oxygen atoms in total. The number of imide groups is 1. The van der Waals surface area contributed by atoms with E-state index in [4.69, 9.17) is 4.74 Å². The highest BCUT2D eigenvalue weighted by Crippen LogP contribution is 2.17. The van der Waals surface area contributed by atoms with Crippen LogP contribution in [-0.2, 0) is 20.7 Å². The number of ether oxygens (including phenoxy) is 1. The summed E-state index contributed by atoms with van der Waals surface area (Å²) in [6.07, 6.45) is 5.55. The van der Waals surface area contributed by atoms with Gasteiger partial charge in [0.25, 0.3) is 5.91 Å². The van der Waals surface area contributed by atoms with Crippen molar-refractivity contribution in [1.82, 2.24) is 30.8 Å². The summed E-state index contributed by atoms with van der Waals surface area (Å²) in [5, 5.41) is 15.7. The van der Waals surface area contributed by atoms with Crippen LogP contribution in [0.5, 0.6) is 0 Å². The summed E-state index contributed by atoms with van der Waals surface area (Å²) in [7, 11) is 0. The summed E-state index contributed by atoms with van der Waals surface area (Å²) in [5.41, 5.74) is 0.889. The number of carbonyl (C=O) groups excluding carboxylic acids is 3. The van der Waals surface area contributed by atoms with E-state index in [1.165, 1.54) is 11.0 Å². The van der Waals surface area contributed by atoms with Crippen LogP contribution >= 0.6 is 0 Å². The minimum absolute atomic E-state index is 0.0884. The van der Waals surface area contributed by atoms with Crippen LogP contribution in [-0.4, -0.2) is 50.8 Å². The number of amides is 3. The lowest BCUT2D eigenvalue weighted by molar-refractivity contribution is -0.152. The molecule has 0 bridgehead atoms. The summed E-state index contributed by atoms with van der Waals surface area (Å²) in [6.45, 7) is -0.565. The Balaban J connectivity index is 1.51. The molecule has 0 aliphatic heterocycles. The van der Waals surface area contributed by atoms with E-state index in [1.807, 2.05) is 30.3 Å². The molecule has 10 heteroatoms. The molecule has 1 aromatic carbocycles. The number of nitrogens with one attached hydrogen (secondary N) is 2. The molecule has 1 aromatic heterocycles. The number of hydrogen-bond donors (Lipinski definition) is 2. The number of aromatic nitrogens is 4. The van der Waals surface area contributed by atoms with E-state index in [-0.39, 0.29) is 6.04 Å². The maximum absolute atomic E-state index is 12.5. The minimum atomic E-state index is -0.822. The largest absolute Gasteiger partial charge is 0.454 e. The SMILES string of the molecule is O=C(COC(=O)[C@H](Cc1ccccc1)n1cnnn1)NC(=O)NC1CCCC1. The first-order chi connectivity index (χ1) is 13.6. The van der Waals surface area contributed by atoms with Crippen molar-refractivity contribution >= 4 is 17.9 Å². The fourth-order valence-electron chi connectivity index (χ4n) is 3.12. The number of rotatable bonds is 7. The molecule has 1 saturated carbocycles. The topological polar surface area (TPSA) is 128 Å². The second-order valence-electron chi connectivity index (χ2n) is 6.61. The number of urea groups is 1.